The molecule has 156 valence electrons. The van der Waals surface area contributed by atoms with Gasteiger partial charge in [0.05, 0.1) is 13.5 Å². The van der Waals surface area contributed by atoms with Gasteiger partial charge >= 0.3 is 0 Å². The lowest BCUT2D eigenvalue weighted by Gasteiger charge is -2.34. The number of piperidine rings is 2. The van der Waals surface area contributed by atoms with Crippen molar-refractivity contribution in [1.29, 1.82) is 0 Å². The van der Waals surface area contributed by atoms with Crippen molar-refractivity contribution in [3.63, 3.8) is 0 Å². The van der Waals surface area contributed by atoms with E-state index in [-0.39, 0.29) is 36.2 Å². The number of hydrogen-bond donors (Lipinski definition) is 2. The second-order valence-electron chi connectivity index (χ2n) is 7.73. The molecular weight excluding hydrogens is 378 g/mol. The van der Waals surface area contributed by atoms with E-state index < -0.39 is 0 Å². The van der Waals surface area contributed by atoms with Gasteiger partial charge in [-0.1, -0.05) is 18.2 Å². The number of nitrogens with one attached hydrogen (secondary N) is 2. The summed E-state index contributed by atoms with van der Waals surface area (Å²) in [6.45, 7) is 4.43. The second kappa shape index (κ2) is 10.7. The van der Waals surface area contributed by atoms with Crippen LogP contribution in [0.15, 0.2) is 24.3 Å². The summed E-state index contributed by atoms with van der Waals surface area (Å²) in [4.78, 5) is 27.0. The van der Waals surface area contributed by atoms with Gasteiger partial charge in [-0.05, 0) is 45.2 Å². The van der Waals surface area contributed by atoms with Gasteiger partial charge in [0.15, 0.2) is 0 Å². The number of halogens is 1. The van der Waals surface area contributed by atoms with Gasteiger partial charge in [-0.25, -0.2) is 0 Å². The lowest BCUT2D eigenvalue weighted by molar-refractivity contribution is -0.132. The fourth-order valence-corrected chi connectivity index (χ4v) is 4.09. The van der Waals surface area contributed by atoms with Crippen molar-refractivity contribution in [2.45, 2.75) is 51.1 Å². The molecule has 2 N–H and O–H groups in total. The van der Waals surface area contributed by atoms with Gasteiger partial charge < -0.3 is 20.3 Å². The largest absolute Gasteiger partial charge is 0.496 e. The first-order chi connectivity index (χ1) is 13.1. The molecule has 2 aliphatic heterocycles. The molecular formula is C21H32ClN3O3. The molecule has 6 nitrogen and oxygen atoms in total. The van der Waals surface area contributed by atoms with Crippen molar-refractivity contribution in [3.05, 3.63) is 29.8 Å². The predicted molar refractivity (Wildman–Crippen MR) is 112 cm³/mol. The van der Waals surface area contributed by atoms with E-state index in [4.69, 9.17) is 4.74 Å². The Bertz CT molecular complexity index is 662. The third-order valence-corrected chi connectivity index (χ3v) is 5.72. The third-order valence-electron chi connectivity index (χ3n) is 5.72. The zero-order chi connectivity index (χ0) is 19.2. The molecule has 28 heavy (non-hydrogen) atoms. The van der Waals surface area contributed by atoms with Gasteiger partial charge in [0.2, 0.25) is 11.8 Å². The van der Waals surface area contributed by atoms with Crippen LogP contribution in [-0.2, 0) is 16.0 Å². The van der Waals surface area contributed by atoms with E-state index in [1.54, 1.807) is 7.11 Å². The summed E-state index contributed by atoms with van der Waals surface area (Å²) in [7, 11) is 1.63. The Labute approximate surface area is 173 Å². The van der Waals surface area contributed by atoms with Gasteiger partial charge in [0.1, 0.15) is 5.75 Å². The fourth-order valence-electron chi connectivity index (χ4n) is 4.09. The van der Waals surface area contributed by atoms with Crippen molar-refractivity contribution < 1.29 is 14.3 Å². The monoisotopic (exact) mass is 409 g/mol. The van der Waals surface area contributed by atoms with Crippen LogP contribution >= 0.6 is 12.4 Å². The number of carbonyl (C=O) groups excluding carboxylic acids is 2. The Hall–Kier alpha value is -1.79. The van der Waals surface area contributed by atoms with Gasteiger partial charge in [-0.2, -0.15) is 0 Å². The van der Waals surface area contributed by atoms with E-state index in [1.807, 2.05) is 29.2 Å². The van der Waals surface area contributed by atoms with Crippen LogP contribution in [0.1, 0.15) is 38.2 Å². The molecule has 2 fully saturated rings. The molecule has 1 aromatic carbocycles. The average molecular weight is 410 g/mol. The summed E-state index contributed by atoms with van der Waals surface area (Å²) in [6, 6.07) is 8.23. The summed E-state index contributed by atoms with van der Waals surface area (Å²) in [5.41, 5.74) is 0.917. The molecule has 2 aliphatic rings. The topological polar surface area (TPSA) is 70.7 Å². The van der Waals surface area contributed by atoms with Gasteiger partial charge in [0, 0.05) is 36.7 Å². The lowest BCUT2D eigenvalue weighted by Crippen LogP contribution is -2.50. The highest BCUT2D eigenvalue weighted by Crippen LogP contribution is 2.21. The van der Waals surface area contributed by atoms with Crippen molar-refractivity contribution in [1.82, 2.24) is 15.5 Å². The Morgan fingerprint density at radius 1 is 1.21 bits per heavy atom. The number of methoxy groups -OCH3 is 1. The Morgan fingerprint density at radius 3 is 2.61 bits per heavy atom. The minimum atomic E-state index is 0. The van der Waals surface area contributed by atoms with E-state index >= 15 is 0 Å². The molecule has 2 amide bonds. The van der Waals surface area contributed by atoms with Crippen LogP contribution in [0, 0.1) is 5.92 Å². The number of rotatable bonds is 5. The van der Waals surface area contributed by atoms with Crippen LogP contribution in [0.5, 0.6) is 5.75 Å². The Balaban J connectivity index is 0.00000280. The first kappa shape index (κ1) is 22.5. The van der Waals surface area contributed by atoms with Crippen LogP contribution in [0.25, 0.3) is 0 Å². The number of hydrogen-bond acceptors (Lipinski definition) is 4. The number of likely N-dealkylation sites (tertiary alicyclic amines) is 1. The van der Waals surface area contributed by atoms with Gasteiger partial charge in [-0.15, -0.1) is 12.4 Å². The summed E-state index contributed by atoms with van der Waals surface area (Å²) >= 11 is 0. The first-order valence-corrected chi connectivity index (χ1v) is 10.00. The van der Waals surface area contributed by atoms with E-state index in [0.717, 1.165) is 43.5 Å². The predicted octanol–water partition coefficient (Wildman–Crippen LogP) is 2.15. The molecule has 0 radical (unpaired) electrons. The molecule has 1 aromatic rings. The van der Waals surface area contributed by atoms with Crippen molar-refractivity contribution in [3.8, 4) is 5.75 Å². The maximum atomic E-state index is 12.6. The highest BCUT2D eigenvalue weighted by Gasteiger charge is 2.29. The first-order valence-electron chi connectivity index (χ1n) is 10.00. The molecule has 0 unspecified atom stereocenters. The third kappa shape index (κ3) is 5.85. The highest BCUT2D eigenvalue weighted by molar-refractivity contribution is 5.85. The molecule has 0 saturated carbocycles. The van der Waals surface area contributed by atoms with E-state index in [9.17, 15) is 9.59 Å². The summed E-state index contributed by atoms with van der Waals surface area (Å²) in [5.74, 6) is 1.18. The maximum Gasteiger partial charge on any atom is 0.227 e. The SMILES string of the molecule is COc1ccccc1CC(=O)N1CCC(NC(=O)[C@H]2CCN[C@@H](C)C2)CC1.Cl. The molecule has 2 atom stereocenters. The van der Waals surface area contributed by atoms with E-state index in [1.165, 1.54) is 0 Å². The van der Waals surface area contributed by atoms with E-state index in [0.29, 0.717) is 25.6 Å². The minimum Gasteiger partial charge on any atom is -0.496 e. The van der Waals surface area contributed by atoms with Crippen LogP contribution in [-0.4, -0.2) is 55.5 Å². The number of benzene rings is 1. The lowest BCUT2D eigenvalue weighted by atomic mass is 9.91. The molecule has 7 heteroatoms. The Morgan fingerprint density at radius 2 is 1.93 bits per heavy atom. The average Bonchev–Trinajstić information content (AvgIpc) is 2.69. The van der Waals surface area contributed by atoms with Crippen LogP contribution in [0.4, 0.5) is 0 Å². The number of ether oxygens (including phenoxy) is 1. The highest BCUT2D eigenvalue weighted by atomic mass is 35.5. The summed E-state index contributed by atoms with van der Waals surface area (Å²) < 4.78 is 5.34. The van der Waals surface area contributed by atoms with E-state index in [2.05, 4.69) is 17.6 Å². The fraction of sp³-hybridized carbons (Fsp3) is 0.619. The number of nitrogens with zero attached hydrogens (tertiary/aromatic N) is 1. The van der Waals surface area contributed by atoms with Crippen LogP contribution < -0.4 is 15.4 Å². The molecule has 0 aliphatic carbocycles. The van der Waals surface area contributed by atoms with Crippen molar-refractivity contribution in [2.24, 2.45) is 5.92 Å². The molecule has 0 aromatic heterocycles. The minimum absolute atomic E-state index is 0. The second-order valence-corrected chi connectivity index (χ2v) is 7.73. The zero-order valence-electron chi connectivity index (χ0n) is 16.8. The van der Waals surface area contributed by atoms with Gasteiger partial charge in [0.25, 0.3) is 0 Å². The summed E-state index contributed by atoms with van der Waals surface area (Å²) in [5, 5.41) is 6.60. The molecule has 3 rings (SSSR count). The molecule has 2 saturated heterocycles. The van der Waals surface area contributed by atoms with Crippen molar-refractivity contribution >= 4 is 24.2 Å². The maximum absolute atomic E-state index is 12.6. The molecule has 2 heterocycles. The zero-order valence-corrected chi connectivity index (χ0v) is 17.6. The number of para-hydroxylation sites is 1. The van der Waals surface area contributed by atoms with Crippen molar-refractivity contribution in [2.75, 3.05) is 26.7 Å². The number of carbonyl (C=O) groups is 2. The normalized spacial score (nSPS) is 22.9. The van der Waals surface area contributed by atoms with Crippen LogP contribution in [0.2, 0.25) is 0 Å². The molecule has 0 spiro atoms. The number of amides is 2. The van der Waals surface area contributed by atoms with Gasteiger partial charge in [-0.3, -0.25) is 9.59 Å². The standard InChI is InChI=1S/C21H31N3O3.ClH/c1-15-13-17(7-10-22-15)21(26)23-18-8-11-24(12-9-18)20(25)14-16-5-3-4-6-19(16)27-2;/h3-6,15,17-18,22H,7-14H2,1-2H3,(H,23,26);1H/t15-,17-;/m0./s1. The molecule has 0 bridgehead atoms. The Kier molecular flexibility index (Phi) is 8.58. The quantitative estimate of drug-likeness (QED) is 0.781. The smallest absolute Gasteiger partial charge is 0.227 e. The summed E-state index contributed by atoms with van der Waals surface area (Å²) in [6.07, 6.45) is 3.82. The van der Waals surface area contributed by atoms with Crippen LogP contribution in [0.3, 0.4) is 0 Å².